The number of aryl methyl sites for hydroxylation is 1. The number of rotatable bonds is 1. The summed E-state index contributed by atoms with van der Waals surface area (Å²) in [5.41, 5.74) is 9.35. The molecule has 2 aromatic carbocycles. The summed E-state index contributed by atoms with van der Waals surface area (Å²) in [5, 5.41) is 1.17. The molecule has 2 heteroatoms. The van der Waals surface area contributed by atoms with Crippen molar-refractivity contribution in [3.63, 3.8) is 0 Å². The van der Waals surface area contributed by atoms with Crippen molar-refractivity contribution < 1.29 is 0 Å². The van der Waals surface area contributed by atoms with Crippen LogP contribution in [-0.2, 0) is 0 Å². The molecule has 25 heavy (non-hydrogen) atoms. The van der Waals surface area contributed by atoms with Crippen LogP contribution in [0.2, 0.25) is 0 Å². The van der Waals surface area contributed by atoms with Gasteiger partial charge in [-0.25, -0.2) is 4.98 Å². The summed E-state index contributed by atoms with van der Waals surface area (Å²) in [7, 11) is 0. The highest BCUT2D eigenvalue weighted by Gasteiger charge is 2.25. The smallest absolute Gasteiger partial charge is 0.0794 e. The number of pyridine rings is 2. The monoisotopic (exact) mass is 320 g/mol. The first-order valence-corrected chi connectivity index (χ1v) is 8.43. The maximum Gasteiger partial charge on any atom is 0.0794 e. The Hall–Kier alpha value is -3.26. The minimum Gasteiger partial charge on any atom is -0.264 e. The topological polar surface area (TPSA) is 25.8 Å². The molecule has 0 unspecified atom stereocenters. The third-order valence-corrected chi connectivity index (χ3v) is 4.73. The summed E-state index contributed by atoms with van der Waals surface area (Å²) in [6, 6.07) is 21.2. The normalized spacial score (nSPS) is 13.9. The zero-order chi connectivity index (χ0) is 16.8. The molecular formula is C23H16N2. The molecule has 4 aromatic rings. The fourth-order valence-corrected chi connectivity index (χ4v) is 3.54. The molecule has 0 saturated carbocycles. The van der Waals surface area contributed by atoms with E-state index in [1.807, 2.05) is 18.3 Å². The van der Waals surface area contributed by atoms with Gasteiger partial charge < -0.3 is 0 Å². The van der Waals surface area contributed by atoms with Crippen LogP contribution in [-0.4, -0.2) is 9.97 Å². The van der Waals surface area contributed by atoms with Gasteiger partial charge in [-0.15, -0.1) is 0 Å². The number of benzene rings is 2. The molecule has 0 spiro atoms. The predicted octanol–water partition coefficient (Wildman–Crippen LogP) is 5.51. The van der Waals surface area contributed by atoms with E-state index in [0.29, 0.717) is 0 Å². The summed E-state index contributed by atoms with van der Waals surface area (Å²) >= 11 is 0. The lowest BCUT2D eigenvalue weighted by atomic mass is 10.0. The van der Waals surface area contributed by atoms with Crippen molar-refractivity contribution in [1.82, 2.24) is 9.97 Å². The fraction of sp³-hybridized carbons (Fsp3) is 0.0435. The van der Waals surface area contributed by atoms with Gasteiger partial charge in [-0.05, 0) is 54.0 Å². The molecule has 2 heterocycles. The minimum atomic E-state index is 1.04. The van der Waals surface area contributed by atoms with E-state index in [1.54, 1.807) is 6.20 Å². The van der Waals surface area contributed by atoms with Crippen molar-refractivity contribution >= 4 is 22.6 Å². The molecule has 5 rings (SSSR count). The van der Waals surface area contributed by atoms with Crippen molar-refractivity contribution in [3.8, 4) is 11.3 Å². The Morgan fingerprint density at radius 1 is 0.840 bits per heavy atom. The molecular weight excluding hydrogens is 304 g/mol. The van der Waals surface area contributed by atoms with E-state index < -0.39 is 0 Å². The van der Waals surface area contributed by atoms with Crippen LogP contribution in [0.3, 0.4) is 0 Å². The van der Waals surface area contributed by atoms with E-state index in [2.05, 4.69) is 66.5 Å². The van der Waals surface area contributed by atoms with Gasteiger partial charge in [0.15, 0.2) is 0 Å². The Labute approximate surface area is 146 Å². The Bertz CT molecular complexity index is 1140. The Morgan fingerprint density at radius 2 is 1.76 bits per heavy atom. The van der Waals surface area contributed by atoms with Crippen molar-refractivity contribution in [1.29, 1.82) is 0 Å². The van der Waals surface area contributed by atoms with E-state index in [9.17, 15) is 0 Å². The largest absolute Gasteiger partial charge is 0.264 e. The summed E-state index contributed by atoms with van der Waals surface area (Å²) in [5.74, 6) is 0. The van der Waals surface area contributed by atoms with Gasteiger partial charge in [0, 0.05) is 28.9 Å². The van der Waals surface area contributed by atoms with Crippen LogP contribution in [0.4, 0.5) is 0 Å². The molecule has 0 bridgehead atoms. The van der Waals surface area contributed by atoms with Crippen LogP contribution >= 0.6 is 0 Å². The molecule has 0 atom stereocenters. The molecule has 1 aliphatic carbocycles. The molecule has 0 N–H and O–H groups in total. The van der Waals surface area contributed by atoms with Gasteiger partial charge in [0.2, 0.25) is 0 Å². The Balaban J connectivity index is 1.84. The van der Waals surface area contributed by atoms with Crippen LogP contribution in [0.5, 0.6) is 0 Å². The second kappa shape index (κ2) is 5.38. The van der Waals surface area contributed by atoms with Crippen LogP contribution in [0.15, 0.2) is 73.1 Å². The zero-order valence-corrected chi connectivity index (χ0v) is 13.9. The summed E-state index contributed by atoms with van der Waals surface area (Å²) in [4.78, 5) is 9.22. The first-order valence-electron chi connectivity index (χ1n) is 8.43. The average Bonchev–Trinajstić information content (AvgIpc) is 2.93. The van der Waals surface area contributed by atoms with Crippen LogP contribution in [0.1, 0.15) is 22.3 Å². The van der Waals surface area contributed by atoms with E-state index in [4.69, 9.17) is 4.98 Å². The highest BCUT2D eigenvalue weighted by Crippen LogP contribution is 2.45. The van der Waals surface area contributed by atoms with E-state index in [0.717, 1.165) is 16.8 Å². The second-order valence-electron chi connectivity index (χ2n) is 6.47. The maximum atomic E-state index is 4.97. The van der Waals surface area contributed by atoms with Gasteiger partial charge in [0.1, 0.15) is 0 Å². The minimum absolute atomic E-state index is 1.04. The van der Waals surface area contributed by atoms with Gasteiger partial charge in [-0.2, -0.15) is 0 Å². The Kier molecular flexibility index (Phi) is 3.04. The third kappa shape index (κ3) is 2.26. The van der Waals surface area contributed by atoms with Gasteiger partial charge >= 0.3 is 0 Å². The number of fused-ring (bicyclic) bond motifs is 4. The number of hydrogen-bond acceptors (Lipinski definition) is 2. The number of hydrogen-bond donors (Lipinski definition) is 0. The first kappa shape index (κ1) is 14.1. The van der Waals surface area contributed by atoms with Crippen molar-refractivity contribution in [2.45, 2.75) is 6.92 Å². The quantitative estimate of drug-likeness (QED) is 0.407. The van der Waals surface area contributed by atoms with Crippen molar-refractivity contribution in [2.75, 3.05) is 0 Å². The lowest BCUT2D eigenvalue weighted by molar-refractivity contribution is 1.32. The first-order chi connectivity index (χ1) is 12.3. The SMILES string of the molecule is Cc1ccc2c(c1)-c1nc3ccccc3cc1/C2=C/c1cccnc1. The molecule has 2 aromatic heterocycles. The standard InChI is InChI=1S/C23H16N2/c1-15-8-9-18-19(12-16-5-4-10-24-14-16)21-13-17-6-2-3-7-22(17)25-23(21)20(18)11-15/h2-14H,1H3/b19-12+. The number of aromatic nitrogens is 2. The summed E-state index contributed by atoms with van der Waals surface area (Å²) in [6.07, 6.45) is 5.91. The fourth-order valence-electron chi connectivity index (χ4n) is 3.54. The highest BCUT2D eigenvalue weighted by atomic mass is 14.7. The molecule has 0 fully saturated rings. The molecule has 2 nitrogen and oxygen atoms in total. The lowest BCUT2D eigenvalue weighted by Gasteiger charge is -2.05. The molecule has 0 radical (unpaired) electrons. The summed E-state index contributed by atoms with van der Waals surface area (Å²) < 4.78 is 0. The second-order valence-corrected chi connectivity index (χ2v) is 6.47. The van der Waals surface area contributed by atoms with Gasteiger partial charge in [-0.3, -0.25) is 4.98 Å². The predicted molar refractivity (Wildman–Crippen MR) is 103 cm³/mol. The van der Waals surface area contributed by atoms with Crippen LogP contribution in [0.25, 0.3) is 33.8 Å². The van der Waals surface area contributed by atoms with Crippen LogP contribution < -0.4 is 0 Å². The molecule has 0 amide bonds. The van der Waals surface area contributed by atoms with Gasteiger partial charge in [0.05, 0.1) is 11.2 Å². The van der Waals surface area contributed by atoms with Crippen LogP contribution in [0, 0.1) is 6.92 Å². The molecule has 118 valence electrons. The van der Waals surface area contributed by atoms with Crippen molar-refractivity contribution in [3.05, 3.63) is 95.3 Å². The lowest BCUT2D eigenvalue weighted by Crippen LogP contribution is -1.87. The van der Waals surface area contributed by atoms with E-state index in [-0.39, 0.29) is 0 Å². The summed E-state index contributed by atoms with van der Waals surface area (Å²) in [6.45, 7) is 2.13. The number of para-hydroxylation sites is 1. The van der Waals surface area contributed by atoms with E-state index >= 15 is 0 Å². The average molecular weight is 320 g/mol. The van der Waals surface area contributed by atoms with Crippen molar-refractivity contribution in [2.24, 2.45) is 0 Å². The Morgan fingerprint density at radius 3 is 2.64 bits per heavy atom. The zero-order valence-electron chi connectivity index (χ0n) is 13.9. The number of nitrogens with zero attached hydrogens (tertiary/aromatic N) is 2. The molecule has 0 saturated heterocycles. The van der Waals surface area contributed by atoms with Gasteiger partial charge in [-0.1, -0.05) is 42.0 Å². The van der Waals surface area contributed by atoms with E-state index in [1.165, 1.54) is 33.2 Å². The van der Waals surface area contributed by atoms with Gasteiger partial charge in [0.25, 0.3) is 0 Å². The third-order valence-electron chi connectivity index (χ3n) is 4.73. The molecule has 1 aliphatic rings. The molecule has 0 aliphatic heterocycles. The highest BCUT2D eigenvalue weighted by molar-refractivity contribution is 6.07. The maximum absolute atomic E-state index is 4.97.